The molecule has 19 heavy (non-hydrogen) atoms. The number of nitrogens with two attached hydrogens (primary N) is 1. The SMILES string of the molecule is CN(Cc1ccsc1)c1c(F)cc(C(=N)N)cc1F. The maximum Gasteiger partial charge on any atom is 0.150 e. The Bertz CT molecular complexity index is 573. The van der Waals surface area contributed by atoms with Gasteiger partial charge in [0, 0.05) is 19.2 Å². The second-order valence-electron chi connectivity index (χ2n) is 4.19. The Hall–Kier alpha value is -1.95. The average molecular weight is 281 g/mol. The number of nitrogens with zero attached hydrogens (tertiary/aromatic N) is 1. The number of rotatable bonds is 4. The first-order valence-corrected chi connectivity index (χ1v) is 6.49. The highest BCUT2D eigenvalue weighted by atomic mass is 32.1. The third-order valence-corrected chi connectivity index (χ3v) is 3.44. The van der Waals surface area contributed by atoms with Gasteiger partial charge in [-0.25, -0.2) is 8.78 Å². The maximum absolute atomic E-state index is 13.9. The summed E-state index contributed by atoms with van der Waals surface area (Å²) in [6, 6.07) is 4.05. The van der Waals surface area contributed by atoms with Gasteiger partial charge >= 0.3 is 0 Å². The normalized spacial score (nSPS) is 10.5. The van der Waals surface area contributed by atoms with Gasteiger partial charge in [0.2, 0.25) is 0 Å². The zero-order valence-electron chi connectivity index (χ0n) is 10.3. The summed E-state index contributed by atoms with van der Waals surface area (Å²) >= 11 is 1.53. The number of hydrogen-bond donors (Lipinski definition) is 2. The largest absolute Gasteiger partial charge is 0.384 e. The van der Waals surface area contributed by atoms with E-state index in [1.165, 1.54) is 16.2 Å². The summed E-state index contributed by atoms with van der Waals surface area (Å²) in [5.74, 6) is -1.80. The van der Waals surface area contributed by atoms with Crippen LogP contribution in [-0.2, 0) is 6.54 Å². The van der Waals surface area contributed by atoms with Gasteiger partial charge in [-0.2, -0.15) is 11.3 Å². The molecule has 0 bridgehead atoms. The zero-order chi connectivity index (χ0) is 14.0. The first-order chi connectivity index (χ1) is 8.99. The van der Waals surface area contributed by atoms with Gasteiger partial charge < -0.3 is 10.6 Å². The minimum atomic E-state index is -0.720. The van der Waals surface area contributed by atoms with Crippen molar-refractivity contribution in [1.82, 2.24) is 0 Å². The summed E-state index contributed by atoms with van der Waals surface area (Å²) in [6.45, 7) is 0.413. The lowest BCUT2D eigenvalue weighted by Crippen LogP contribution is -2.20. The van der Waals surface area contributed by atoms with E-state index >= 15 is 0 Å². The second-order valence-corrected chi connectivity index (χ2v) is 4.97. The Morgan fingerprint density at radius 2 is 2.00 bits per heavy atom. The summed E-state index contributed by atoms with van der Waals surface area (Å²) in [5, 5.41) is 11.0. The van der Waals surface area contributed by atoms with Crippen LogP contribution in [0.2, 0.25) is 0 Å². The smallest absolute Gasteiger partial charge is 0.150 e. The molecule has 1 heterocycles. The highest BCUT2D eigenvalue weighted by molar-refractivity contribution is 7.07. The van der Waals surface area contributed by atoms with Crippen LogP contribution >= 0.6 is 11.3 Å². The van der Waals surface area contributed by atoms with Crippen molar-refractivity contribution < 1.29 is 8.78 Å². The van der Waals surface area contributed by atoms with Crippen LogP contribution in [-0.4, -0.2) is 12.9 Å². The number of thiophene rings is 1. The molecular formula is C13H13F2N3S. The third-order valence-electron chi connectivity index (χ3n) is 2.71. The lowest BCUT2D eigenvalue weighted by atomic mass is 10.1. The summed E-state index contributed by atoms with van der Waals surface area (Å²) in [4.78, 5) is 1.50. The van der Waals surface area contributed by atoms with Crippen molar-refractivity contribution in [2.75, 3.05) is 11.9 Å². The highest BCUT2D eigenvalue weighted by Crippen LogP contribution is 2.25. The fraction of sp³-hybridized carbons (Fsp3) is 0.154. The number of benzene rings is 1. The van der Waals surface area contributed by atoms with E-state index in [9.17, 15) is 8.78 Å². The third kappa shape index (κ3) is 2.90. The van der Waals surface area contributed by atoms with Crippen LogP contribution in [0, 0.1) is 17.0 Å². The van der Waals surface area contributed by atoms with E-state index in [0.29, 0.717) is 6.54 Å². The van der Waals surface area contributed by atoms with E-state index in [1.807, 2.05) is 16.8 Å². The number of hydrogen-bond acceptors (Lipinski definition) is 3. The van der Waals surface area contributed by atoms with Crippen molar-refractivity contribution in [2.24, 2.45) is 5.73 Å². The molecule has 0 radical (unpaired) electrons. The van der Waals surface area contributed by atoms with Crippen LogP contribution in [0.1, 0.15) is 11.1 Å². The second kappa shape index (κ2) is 5.36. The number of nitrogen functional groups attached to an aromatic ring is 1. The fourth-order valence-corrected chi connectivity index (χ4v) is 2.48. The molecule has 0 aliphatic rings. The summed E-state index contributed by atoms with van der Waals surface area (Å²) in [6.07, 6.45) is 0. The molecule has 2 rings (SSSR count). The minimum absolute atomic E-state index is 0.0442. The van der Waals surface area contributed by atoms with Gasteiger partial charge in [0.1, 0.15) is 23.2 Å². The van der Waals surface area contributed by atoms with E-state index in [0.717, 1.165) is 17.7 Å². The maximum atomic E-state index is 13.9. The Balaban J connectivity index is 2.31. The van der Waals surface area contributed by atoms with Crippen molar-refractivity contribution >= 4 is 22.9 Å². The molecule has 1 aromatic heterocycles. The predicted octanol–water partition coefficient (Wildman–Crippen LogP) is 2.95. The quantitative estimate of drug-likeness (QED) is 0.668. The number of anilines is 1. The average Bonchev–Trinajstić information content (AvgIpc) is 2.80. The van der Waals surface area contributed by atoms with Gasteiger partial charge in [-0.05, 0) is 34.5 Å². The predicted molar refractivity (Wildman–Crippen MR) is 73.8 cm³/mol. The molecule has 0 amide bonds. The van der Waals surface area contributed by atoms with Crippen molar-refractivity contribution in [3.05, 3.63) is 51.7 Å². The van der Waals surface area contributed by atoms with Gasteiger partial charge in [0.15, 0.2) is 0 Å². The molecule has 0 saturated carbocycles. The van der Waals surface area contributed by atoms with Gasteiger partial charge in [-0.1, -0.05) is 0 Å². The lowest BCUT2D eigenvalue weighted by molar-refractivity contribution is 0.576. The van der Waals surface area contributed by atoms with Crippen molar-refractivity contribution in [1.29, 1.82) is 5.41 Å². The van der Waals surface area contributed by atoms with Crippen molar-refractivity contribution in [2.45, 2.75) is 6.54 Å². The van der Waals surface area contributed by atoms with Crippen LogP contribution in [0.25, 0.3) is 0 Å². The zero-order valence-corrected chi connectivity index (χ0v) is 11.1. The Labute approximate surface area is 113 Å². The molecular weight excluding hydrogens is 268 g/mol. The molecule has 0 saturated heterocycles. The van der Waals surface area contributed by atoms with Gasteiger partial charge in [-0.15, -0.1) is 0 Å². The minimum Gasteiger partial charge on any atom is -0.384 e. The van der Waals surface area contributed by atoms with Crippen LogP contribution < -0.4 is 10.6 Å². The van der Waals surface area contributed by atoms with Gasteiger partial charge in [0.05, 0.1) is 0 Å². The standard InChI is InChI=1S/C13H13F2N3S/c1-18(6-8-2-3-19-7-8)12-10(14)4-9(13(16)17)5-11(12)15/h2-5,7H,6H2,1H3,(H3,16,17). The van der Waals surface area contributed by atoms with Crippen LogP contribution in [0.15, 0.2) is 29.0 Å². The molecule has 0 aliphatic carbocycles. The van der Waals surface area contributed by atoms with Crippen molar-refractivity contribution in [3.8, 4) is 0 Å². The molecule has 0 atom stereocenters. The Morgan fingerprint density at radius 3 is 2.47 bits per heavy atom. The number of halogens is 2. The van der Waals surface area contributed by atoms with Gasteiger partial charge in [0.25, 0.3) is 0 Å². The fourth-order valence-electron chi connectivity index (χ4n) is 1.82. The highest BCUT2D eigenvalue weighted by Gasteiger charge is 2.16. The molecule has 2 aromatic rings. The first-order valence-electron chi connectivity index (χ1n) is 5.54. The Kier molecular flexibility index (Phi) is 3.80. The summed E-state index contributed by atoms with van der Waals surface area (Å²) in [5.41, 5.74) is 6.14. The molecule has 3 nitrogen and oxygen atoms in total. The summed E-state index contributed by atoms with van der Waals surface area (Å²) < 4.78 is 27.8. The van der Waals surface area contributed by atoms with E-state index in [2.05, 4.69) is 0 Å². The molecule has 0 spiro atoms. The van der Waals surface area contributed by atoms with E-state index < -0.39 is 11.6 Å². The van der Waals surface area contributed by atoms with E-state index in [4.69, 9.17) is 11.1 Å². The molecule has 0 aliphatic heterocycles. The number of nitrogens with one attached hydrogen (secondary N) is 1. The monoisotopic (exact) mass is 281 g/mol. The van der Waals surface area contributed by atoms with Crippen LogP contribution in [0.4, 0.5) is 14.5 Å². The van der Waals surface area contributed by atoms with Gasteiger partial charge in [-0.3, -0.25) is 5.41 Å². The molecule has 1 aromatic carbocycles. The van der Waals surface area contributed by atoms with E-state index in [-0.39, 0.29) is 17.1 Å². The van der Waals surface area contributed by atoms with Crippen LogP contribution in [0.3, 0.4) is 0 Å². The Morgan fingerprint density at radius 1 is 1.37 bits per heavy atom. The van der Waals surface area contributed by atoms with Crippen LogP contribution in [0.5, 0.6) is 0 Å². The topological polar surface area (TPSA) is 53.1 Å². The molecule has 100 valence electrons. The molecule has 0 unspecified atom stereocenters. The van der Waals surface area contributed by atoms with E-state index in [1.54, 1.807) is 7.05 Å². The van der Waals surface area contributed by atoms with Crippen molar-refractivity contribution in [3.63, 3.8) is 0 Å². The summed E-state index contributed by atoms with van der Waals surface area (Å²) in [7, 11) is 1.62. The molecule has 3 N–H and O–H groups in total. The lowest BCUT2D eigenvalue weighted by Gasteiger charge is -2.20. The number of amidine groups is 1. The molecule has 0 fully saturated rings. The first kappa shape index (κ1) is 13.5. The molecule has 6 heteroatoms.